The summed E-state index contributed by atoms with van der Waals surface area (Å²) in [6.07, 6.45) is 0.908. The molecular formula is C21H22N4OS2. The highest BCUT2D eigenvalue weighted by Gasteiger charge is 2.18. The average molecular weight is 411 g/mol. The molecule has 0 aliphatic heterocycles. The number of benzene rings is 2. The summed E-state index contributed by atoms with van der Waals surface area (Å²) in [5, 5.41) is 12.5. The Bertz CT molecular complexity index is 1090. The fraction of sp³-hybridized carbons (Fsp3) is 0.286. The Morgan fingerprint density at radius 1 is 1.11 bits per heavy atom. The second-order valence-corrected chi connectivity index (χ2v) is 9.07. The normalized spacial score (nSPS) is 12.7. The van der Waals surface area contributed by atoms with Crippen molar-refractivity contribution < 1.29 is 4.79 Å². The number of nitrogens with one attached hydrogen (secondary N) is 1. The first-order chi connectivity index (χ1) is 13.6. The predicted octanol–water partition coefficient (Wildman–Crippen LogP) is 4.94. The maximum absolute atomic E-state index is 12.7. The Balaban J connectivity index is 1.47. The van der Waals surface area contributed by atoms with Gasteiger partial charge in [0.1, 0.15) is 0 Å². The highest BCUT2D eigenvalue weighted by Crippen LogP contribution is 2.29. The fourth-order valence-electron chi connectivity index (χ4n) is 3.25. The van der Waals surface area contributed by atoms with Crippen LogP contribution >= 0.6 is 23.1 Å². The third-order valence-corrected chi connectivity index (χ3v) is 6.43. The smallest absolute Gasteiger partial charge is 0.230 e. The molecule has 0 spiro atoms. The van der Waals surface area contributed by atoms with E-state index in [1.54, 1.807) is 11.3 Å². The predicted molar refractivity (Wildman–Crippen MR) is 116 cm³/mol. The molecule has 0 aliphatic carbocycles. The van der Waals surface area contributed by atoms with Gasteiger partial charge in [0.2, 0.25) is 10.9 Å². The highest BCUT2D eigenvalue weighted by molar-refractivity contribution is 7.99. The van der Waals surface area contributed by atoms with Crippen molar-refractivity contribution in [2.24, 2.45) is 5.92 Å². The number of carbonyl (C=O) groups excluding carboxylic acids is 1. The van der Waals surface area contributed by atoms with Gasteiger partial charge in [-0.25, -0.2) is 0 Å². The molecule has 5 nitrogen and oxygen atoms in total. The quantitative estimate of drug-likeness (QED) is 0.439. The Morgan fingerprint density at radius 3 is 2.64 bits per heavy atom. The van der Waals surface area contributed by atoms with Crippen LogP contribution in [0.3, 0.4) is 0 Å². The summed E-state index contributed by atoms with van der Waals surface area (Å²) in [5.41, 5.74) is 2.22. The number of aromatic nitrogens is 3. The molecule has 2 heterocycles. The number of nitrogens with zero attached hydrogens (tertiary/aromatic N) is 3. The number of thiazole rings is 1. The Kier molecular flexibility index (Phi) is 5.64. The van der Waals surface area contributed by atoms with Crippen molar-refractivity contribution in [2.75, 3.05) is 5.75 Å². The van der Waals surface area contributed by atoms with E-state index < -0.39 is 0 Å². The summed E-state index contributed by atoms with van der Waals surface area (Å²) >= 11 is 3.03. The summed E-state index contributed by atoms with van der Waals surface area (Å²) in [6.45, 7) is 4.34. The lowest BCUT2D eigenvalue weighted by Crippen LogP contribution is -2.30. The number of thioether (sulfide) groups is 1. The molecule has 1 amide bonds. The zero-order chi connectivity index (χ0) is 19.5. The third-order valence-electron chi connectivity index (χ3n) is 4.49. The molecule has 0 bridgehead atoms. The summed E-state index contributed by atoms with van der Waals surface area (Å²) in [4.78, 5) is 13.5. The van der Waals surface area contributed by atoms with Gasteiger partial charge in [-0.15, -0.1) is 10.2 Å². The van der Waals surface area contributed by atoms with E-state index in [9.17, 15) is 4.79 Å². The van der Waals surface area contributed by atoms with Crippen molar-refractivity contribution in [3.63, 3.8) is 0 Å². The van der Waals surface area contributed by atoms with Gasteiger partial charge in [0.25, 0.3) is 0 Å². The molecule has 0 radical (unpaired) electrons. The SMILES string of the molecule is CC(C)CC(NC(=O)CSc1nnc2sc3ccccc3n12)c1ccccc1. The van der Waals surface area contributed by atoms with Crippen LogP contribution in [0.15, 0.2) is 59.8 Å². The van der Waals surface area contributed by atoms with E-state index in [2.05, 4.69) is 53.6 Å². The number of fused-ring (bicyclic) bond motifs is 3. The van der Waals surface area contributed by atoms with Crippen molar-refractivity contribution in [3.05, 3.63) is 60.2 Å². The minimum atomic E-state index is 0.00999. The maximum Gasteiger partial charge on any atom is 0.230 e. The van der Waals surface area contributed by atoms with E-state index in [1.165, 1.54) is 16.5 Å². The molecule has 1 unspecified atom stereocenters. The number of para-hydroxylation sites is 1. The minimum absolute atomic E-state index is 0.00999. The van der Waals surface area contributed by atoms with Crippen LogP contribution < -0.4 is 5.32 Å². The van der Waals surface area contributed by atoms with Crippen LogP contribution in [-0.2, 0) is 4.79 Å². The molecule has 2 aromatic heterocycles. The Labute approximate surface area is 172 Å². The zero-order valence-corrected chi connectivity index (χ0v) is 17.5. The number of carbonyl (C=O) groups is 1. The van der Waals surface area contributed by atoms with Gasteiger partial charge in [0.15, 0.2) is 5.16 Å². The minimum Gasteiger partial charge on any atom is -0.349 e. The van der Waals surface area contributed by atoms with Gasteiger partial charge < -0.3 is 5.32 Å². The van der Waals surface area contributed by atoms with E-state index in [1.807, 2.05) is 34.7 Å². The molecule has 0 saturated carbocycles. The van der Waals surface area contributed by atoms with Crippen LogP contribution in [0.4, 0.5) is 0 Å². The number of hydrogen-bond acceptors (Lipinski definition) is 5. The fourth-order valence-corrected chi connectivity index (χ4v) is 5.03. The van der Waals surface area contributed by atoms with Crippen LogP contribution in [0.2, 0.25) is 0 Å². The van der Waals surface area contributed by atoms with Gasteiger partial charge in [-0.1, -0.05) is 79.4 Å². The highest BCUT2D eigenvalue weighted by atomic mass is 32.2. The largest absolute Gasteiger partial charge is 0.349 e. The van der Waals surface area contributed by atoms with Crippen molar-refractivity contribution >= 4 is 44.2 Å². The topological polar surface area (TPSA) is 59.3 Å². The second-order valence-electron chi connectivity index (χ2n) is 7.12. The maximum atomic E-state index is 12.7. The summed E-state index contributed by atoms with van der Waals surface area (Å²) < 4.78 is 3.19. The van der Waals surface area contributed by atoms with Gasteiger partial charge in [-0.05, 0) is 30.0 Å². The van der Waals surface area contributed by atoms with Crippen LogP contribution in [0.25, 0.3) is 15.2 Å². The number of amides is 1. The molecule has 4 rings (SSSR count). The first-order valence-corrected chi connectivity index (χ1v) is 11.1. The molecule has 2 aromatic carbocycles. The van der Waals surface area contributed by atoms with Crippen LogP contribution in [-0.4, -0.2) is 26.3 Å². The van der Waals surface area contributed by atoms with Crippen molar-refractivity contribution in [1.29, 1.82) is 0 Å². The lowest BCUT2D eigenvalue weighted by Gasteiger charge is -2.21. The zero-order valence-electron chi connectivity index (χ0n) is 15.8. The summed E-state index contributed by atoms with van der Waals surface area (Å²) in [7, 11) is 0. The first-order valence-electron chi connectivity index (χ1n) is 9.31. The lowest BCUT2D eigenvalue weighted by molar-refractivity contribution is -0.119. The first kappa shape index (κ1) is 19.0. The Morgan fingerprint density at radius 2 is 1.86 bits per heavy atom. The molecule has 0 saturated heterocycles. The standard InChI is InChI=1S/C21H22N4OS2/c1-14(2)12-16(15-8-4-3-5-9-15)22-19(26)13-27-20-23-24-21-25(20)17-10-6-7-11-18(17)28-21/h3-11,14,16H,12-13H2,1-2H3,(H,22,26). The average Bonchev–Trinajstić information content (AvgIpc) is 3.25. The molecule has 1 N–H and O–H groups in total. The van der Waals surface area contributed by atoms with Crippen molar-refractivity contribution in [1.82, 2.24) is 19.9 Å². The molecule has 144 valence electrons. The molecule has 28 heavy (non-hydrogen) atoms. The molecule has 0 aliphatic rings. The molecule has 7 heteroatoms. The van der Waals surface area contributed by atoms with E-state index in [-0.39, 0.29) is 11.9 Å². The molecule has 1 atom stereocenters. The van der Waals surface area contributed by atoms with Crippen molar-refractivity contribution in [2.45, 2.75) is 31.5 Å². The number of rotatable bonds is 7. The van der Waals surface area contributed by atoms with Gasteiger partial charge in [-0.3, -0.25) is 9.20 Å². The monoisotopic (exact) mass is 410 g/mol. The van der Waals surface area contributed by atoms with Gasteiger partial charge in [-0.2, -0.15) is 0 Å². The third kappa shape index (κ3) is 4.05. The molecule has 0 fully saturated rings. The Hall–Kier alpha value is -2.38. The van der Waals surface area contributed by atoms with Gasteiger partial charge in [0.05, 0.1) is 22.0 Å². The second kappa shape index (κ2) is 8.32. The lowest BCUT2D eigenvalue weighted by atomic mass is 9.97. The summed E-state index contributed by atoms with van der Waals surface area (Å²) in [6, 6.07) is 18.3. The van der Waals surface area contributed by atoms with E-state index >= 15 is 0 Å². The van der Waals surface area contributed by atoms with E-state index in [0.29, 0.717) is 11.7 Å². The van der Waals surface area contributed by atoms with E-state index in [0.717, 1.165) is 27.6 Å². The number of hydrogen-bond donors (Lipinski definition) is 1. The van der Waals surface area contributed by atoms with Crippen LogP contribution in [0.1, 0.15) is 31.9 Å². The van der Waals surface area contributed by atoms with Crippen LogP contribution in [0.5, 0.6) is 0 Å². The molecular weight excluding hydrogens is 388 g/mol. The van der Waals surface area contributed by atoms with E-state index in [4.69, 9.17) is 0 Å². The van der Waals surface area contributed by atoms with Gasteiger partial charge in [0, 0.05) is 0 Å². The summed E-state index contributed by atoms with van der Waals surface area (Å²) in [5.74, 6) is 0.814. The van der Waals surface area contributed by atoms with Gasteiger partial charge >= 0.3 is 0 Å². The van der Waals surface area contributed by atoms with Crippen molar-refractivity contribution in [3.8, 4) is 0 Å². The molecule has 4 aromatic rings. The van der Waals surface area contributed by atoms with Crippen LogP contribution in [0, 0.1) is 5.92 Å².